The highest BCUT2D eigenvalue weighted by molar-refractivity contribution is 7.26. The SMILES string of the molecule is c1ccc(-c2ccc([Si](c3ccccc3)(c3ccccc3)c3cccc4c3C3c5ccccc5C4c4cccc(-c5cccc6c5sc5ccccc56)c43)cc2)cc1. The summed E-state index contributed by atoms with van der Waals surface area (Å²) in [6.07, 6.45) is 0. The molecule has 1 heterocycles. The largest absolute Gasteiger partial charge is 0.179 e. The molecule has 0 aliphatic heterocycles. The number of fused-ring (bicyclic) bond motifs is 3. The summed E-state index contributed by atoms with van der Waals surface area (Å²) in [4.78, 5) is 0. The zero-order valence-electron chi connectivity index (χ0n) is 31.8. The Kier molecular flexibility index (Phi) is 7.66. The third-order valence-electron chi connectivity index (χ3n) is 13.0. The summed E-state index contributed by atoms with van der Waals surface area (Å²) in [5.74, 6) is 0.220. The Bertz CT molecular complexity index is 3120. The lowest BCUT2D eigenvalue weighted by Crippen LogP contribution is -2.75. The summed E-state index contributed by atoms with van der Waals surface area (Å²) in [7, 11) is -2.94. The fourth-order valence-corrected chi connectivity index (χ4v) is 17.0. The van der Waals surface area contributed by atoms with Gasteiger partial charge in [0.25, 0.3) is 0 Å². The van der Waals surface area contributed by atoms with Crippen molar-refractivity contribution in [2.75, 3.05) is 0 Å². The zero-order valence-corrected chi connectivity index (χ0v) is 33.7. The molecule has 2 bridgehead atoms. The molecule has 58 heavy (non-hydrogen) atoms. The summed E-state index contributed by atoms with van der Waals surface area (Å²) >= 11 is 1.93. The van der Waals surface area contributed by atoms with E-state index in [-0.39, 0.29) is 11.8 Å². The van der Waals surface area contributed by atoms with Gasteiger partial charge in [0.15, 0.2) is 8.07 Å². The Labute approximate surface area is 344 Å². The van der Waals surface area contributed by atoms with Crippen LogP contribution < -0.4 is 20.7 Å². The molecule has 0 saturated carbocycles. The monoisotopic (exact) mass is 770 g/mol. The van der Waals surface area contributed by atoms with Crippen LogP contribution in [-0.2, 0) is 0 Å². The summed E-state index contributed by atoms with van der Waals surface area (Å²) in [5.41, 5.74) is 13.9. The quantitative estimate of drug-likeness (QED) is 0.117. The fraction of sp³-hybridized carbons (Fsp3) is 0.0357. The van der Waals surface area contributed by atoms with Crippen LogP contribution >= 0.6 is 11.3 Å². The number of hydrogen-bond acceptors (Lipinski definition) is 1. The number of hydrogen-bond donors (Lipinski definition) is 0. The van der Waals surface area contributed by atoms with Crippen molar-refractivity contribution in [1.82, 2.24) is 0 Å². The maximum absolute atomic E-state index is 2.94. The first-order chi connectivity index (χ1) is 28.8. The van der Waals surface area contributed by atoms with E-state index in [2.05, 4.69) is 218 Å². The van der Waals surface area contributed by atoms with Crippen molar-refractivity contribution in [1.29, 1.82) is 0 Å². The van der Waals surface area contributed by atoms with E-state index in [1.807, 2.05) is 11.3 Å². The summed E-state index contributed by atoms with van der Waals surface area (Å²) in [5, 5.41) is 8.38. The van der Waals surface area contributed by atoms with Gasteiger partial charge in [0.2, 0.25) is 0 Å². The summed E-state index contributed by atoms with van der Waals surface area (Å²) < 4.78 is 2.71. The molecule has 13 rings (SSSR count). The van der Waals surface area contributed by atoms with Gasteiger partial charge in [-0.15, -0.1) is 11.3 Å². The van der Waals surface area contributed by atoms with Crippen LogP contribution in [0.25, 0.3) is 42.4 Å². The Hall–Kier alpha value is -6.58. The maximum atomic E-state index is 2.51. The van der Waals surface area contributed by atoms with Gasteiger partial charge in [-0.05, 0) is 82.4 Å². The Morgan fingerprint density at radius 2 is 0.828 bits per heavy atom. The first kappa shape index (κ1) is 33.5. The molecular formula is C56H38SSi. The number of rotatable bonds is 6. The molecule has 10 aromatic rings. The fourth-order valence-electron chi connectivity index (χ4n) is 10.7. The lowest BCUT2D eigenvalue weighted by atomic mass is 9.60. The molecule has 2 heteroatoms. The van der Waals surface area contributed by atoms with Crippen molar-refractivity contribution in [3.8, 4) is 22.3 Å². The van der Waals surface area contributed by atoms with Crippen LogP contribution in [0.2, 0.25) is 0 Å². The molecule has 2 unspecified atom stereocenters. The van der Waals surface area contributed by atoms with E-state index in [1.165, 1.54) is 96.6 Å². The lowest BCUT2D eigenvalue weighted by molar-refractivity contribution is 0.760. The van der Waals surface area contributed by atoms with Crippen LogP contribution in [0.15, 0.2) is 218 Å². The minimum absolute atomic E-state index is 0.0751. The minimum atomic E-state index is -2.94. The van der Waals surface area contributed by atoms with Crippen LogP contribution in [0.1, 0.15) is 45.2 Å². The normalized spacial score (nSPS) is 15.2. The van der Waals surface area contributed by atoms with Gasteiger partial charge in [0.1, 0.15) is 0 Å². The second-order valence-corrected chi connectivity index (χ2v) is 20.6. The van der Waals surface area contributed by atoms with E-state index < -0.39 is 8.07 Å². The van der Waals surface area contributed by atoms with Gasteiger partial charge >= 0.3 is 0 Å². The average molecular weight is 771 g/mol. The Morgan fingerprint density at radius 3 is 1.55 bits per heavy atom. The summed E-state index contributed by atoms with van der Waals surface area (Å²) in [6, 6.07) is 83.0. The third kappa shape index (κ3) is 4.80. The molecule has 0 saturated heterocycles. The van der Waals surface area contributed by atoms with Crippen LogP contribution in [-0.4, -0.2) is 8.07 Å². The topological polar surface area (TPSA) is 0 Å². The molecule has 0 radical (unpaired) electrons. The van der Waals surface area contributed by atoms with Gasteiger partial charge in [0.05, 0.1) is 0 Å². The van der Waals surface area contributed by atoms with Crippen molar-refractivity contribution in [3.05, 3.63) is 252 Å². The summed E-state index contributed by atoms with van der Waals surface area (Å²) in [6.45, 7) is 0. The first-order valence-electron chi connectivity index (χ1n) is 20.3. The molecule has 9 aromatic carbocycles. The molecule has 272 valence electrons. The molecule has 0 N–H and O–H groups in total. The van der Waals surface area contributed by atoms with Gasteiger partial charge in [0, 0.05) is 32.0 Å². The molecule has 0 spiro atoms. The molecule has 0 amide bonds. The number of benzene rings is 9. The predicted octanol–water partition coefficient (Wildman–Crippen LogP) is 11.8. The van der Waals surface area contributed by atoms with Gasteiger partial charge in [-0.25, -0.2) is 0 Å². The number of thiophene rings is 1. The van der Waals surface area contributed by atoms with Crippen LogP contribution in [0.5, 0.6) is 0 Å². The van der Waals surface area contributed by atoms with E-state index in [1.54, 1.807) is 0 Å². The second kappa shape index (κ2) is 13.2. The molecule has 0 fully saturated rings. The second-order valence-electron chi connectivity index (χ2n) is 15.8. The van der Waals surface area contributed by atoms with Crippen molar-refractivity contribution in [2.45, 2.75) is 11.8 Å². The first-order valence-corrected chi connectivity index (χ1v) is 23.1. The highest BCUT2D eigenvalue weighted by Crippen LogP contribution is 2.58. The maximum Gasteiger partial charge on any atom is 0.179 e. The van der Waals surface area contributed by atoms with Crippen molar-refractivity contribution in [2.24, 2.45) is 0 Å². The van der Waals surface area contributed by atoms with E-state index >= 15 is 0 Å². The van der Waals surface area contributed by atoms with Gasteiger partial charge in [-0.2, -0.15) is 0 Å². The molecule has 0 nitrogen and oxygen atoms in total. The molecule has 2 atom stereocenters. The van der Waals surface area contributed by atoms with Crippen molar-refractivity contribution >= 4 is 60.3 Å². The van der Waals surface area contributed by atoms with Crippen LogP contribution in [0.3, 0.4) is 0 Å². The van der Waals surface area contributed by atoms with Gasteiger partial charge < -0.3 is 0 Å². The molecular weight excluding hydrogens is 733 g/mol. The highest BCUT2D eigenvalue weighted by atomic mass is 32.1. The standard InChI is InChI=1S/C56H38SSi/c1-4-17-37(18-5-1)38-33-35-41(36-34-38)58(39-19-6-2-7-20-39,40-21-8-3-9-22-40)51-32-16-30-49-52-43-24-10-11-25-44(43)55(54(49)51)53-45(26-14-29-48(52)53)47-28-15-27-46-42-23-12-13-31-50(42)57-56(46)47/h1-36,52,55H. The Morgan fingerprint density at radius 1 is 0.328 bits per heavy atom. The van der Waals surface area contributed by atoms with Crippen LogP contribution in [0, 0.1) is 0 Å². The predicted molar refractivity (Wildman–Crippen MR) is 249 cm³/mol. The van der Waals surface area contributed by atoms with Crippen molar-refractivity contribution < 1.29 is 0 Å². The minimum Gasteiger partial charge on any atom is -0.135 e. The molecule has 3 aliphatic rings. The Balaban J connectivity index is 1.17. The molecule has 1 aromatic heterocycles. The third-order valence-corrected chi connectivity index (χ3v) is 19.1. The average Bonchev–Trinajstić information content (AvgIpc) is 3.69. The lowest BCUT2D eigenvalue weighted by Gasteiger charge is -2.47. The zero-order chi connectivity index (χ0) is 38.2. The van der Waals surface area contributed by atoms with Gasteiger partial charge in [-0.1, -0.05) is 212 Å². The highest BCUT2D eigenvalue weighted by Gasteiger charge is 2.49. The smallest absolute Gasteiger partial charge is 0.135 e. The van der Waals surface area contributed by atoms with Crippen molar-refractivity contribution in [3.63, 3.8) is 0 Å². The van der Waals surface area contributed by atoms with E-state index in [0.717, 1.165) is 0 Å². The van der Waals surface area contributed by atoms with E-state index in [0.29, 0.717) is 0 Å². The van der Waals surface area contributed by atoms with E-state index in [4.69, 9.17) is 0 Å². The molecule has 3 aliphatic carbocycles. The van der Waals surface area contributed by atoms with Gasteiger partial charge in [-0.3, -0.25) is 0 Å². The van der Waals surface area contributed by atoms with Crippen LogP contribution in [0.4, 0.5) is 0 Å². The van der Waals surface area contributed by atoms with E-state index in [9.17, 15) is 0 Å².